The molecule has 0 aliphatic heterocycles. The highest BCUT2D eigenvalue weighted by Crippen LogP contribution is 2.44. The molecule has 5 heteroatoms. The van der Waals surface area contributed by atoms with E-state index in [9.17, 15) is 9.50 Å². The Morgan fingerprint density at radius 1 is 1.41 bits per heavy atom. The van der Waals surface area contributed by atoms with E-state index >= 15 is 0 Å². The molecule has 1 aliphatic rings. The molecule has 0 saturated heterocycles. The lowest BCUT2D eigenvalue weighted by molar-refractivity contribution is 0.148. The van der Waals surface area contributed by atoms with Crippen LogP contribution in [-0.4, -0.2) is 24.9 Å². The van der Waals surface area contributed by atoms with Gasteiger partial charge in [0.05, 0.1) is 24.8 Å². The van der Waals surface area contributed by atoms with Crippen LogP contribution in [0.25, 0.3) is 0 Å². The van der Waals surface area contributed by atoms with Gasteiger partial charge in [-0.05, 0) is 12.8 Å². The van der Waals surface area contributed by atoms with Crippen molar-refractivity contribution in [2.45, 2.75) is 24.9 Å². The summed E-state index contributed by atoms with van der Waals surface area (Å²) in [6, 6.07) is 1.37. The summed E-state index contributed by atoms with van der Waals surface area (Å²) in [7, 11) is 2.90. The molecule has 1 aromatic carbocycles. The van der Waals surface area contributed by atoms with Gasteiger partial charge in [-0.1, -0.05) is 11.6 Å². The fraction of sp³-hybridized carbons (Fsp3) is 0.500. The van der Waals surface area contributed by atoms with Crippen LogP contribution < -0.4 is 9.47 Å². The quantitative estimate of drug-likeness (QED) is 0.904. The molecule has 0 heterocycles. The molecular formula is C12H14ClFO3. The van der Waals surface area contributed by atoms with Crippen LogP contribution >= 0.6 is 11.6 Å². The smallest absolute Gasteiger partial charge is 0.167 e. The highest BCUT2D eigenvalue weighted by molar-refractivity contribution is 6.31. The molecule has 3 nitrogen and oxygen atoms in total. The molecule has 0 atom stereocenters. The summed E-state index contributed by atoms with van der Waals surface area (Å²) in [5.41, 5.74) is -0.541. The van der Waals surface area contributed by atoms with Gasteiger partial charge in [0.1, 0.15) is 5.82 Å². The highest BCUT2D eigenvalue weighted by Gasteiger charge is 2.42. The van der Waals surface area contributed by atoms with Crippen molar-refractivity contribution in [2.75, 3.05) is 14.2 Å². The molecule has 1 N–H and O–H groups in total. The molecule has 0 aromatic heterocycles. The zero-order chi connectivity index (χ0) is 12.6. The van der Waals surface area contributed by atoms with E-state index in [1.807, 2.05) is 0 Å². The molecule has 0 bridgehead atoms. The standard InChI is InChI=1S/C12H14ClFO3/c1-16-9-5-8(13)10(14)7(11(9)17-2)6-12(15)3-4-12/h5,15H,3-4,6H2,1-2H3. The molecule has 17 heavy (non-hydrogen) atoms. The Labute approximate surface area is 104 Å². The Morgan fingerprint density at radius 3 is 2.53 bits per heavy atom. The molecule has 0 amide bonds. The van der Waals surface area contributed by atoms with Crippen molar-refractivity contribution in [3.05, 3.63) is 22.5 Å². The van der Waals surface area contributed by atoms with Gasteiger partial charge >= 0.3 is 0 Å². The molecular weight excluding hydrogens is 247 g/mol. The van der Waals surface area contributed by atoms with Gasteiger partial charge < -0.3 is 14.6 Å². The van der Waals surface area contributed by atoms with Gasteiger partial charge in [0, 0.05) is 18.1 Å². The lowest BCUT2D eigenvalue weighted by Crippen LogP contribution is -2.13. The van der Waals surface area contributed by atoms with Gasteiger partial charge in [-0.15, -0.1) is 0 Å². The Balaban J connectivity index is 2.48. The molecule has 1 aromatic rings. The zero-order valence-corrected chi connectivity index (χ0v) is 10.5. The minimum absolute atomic E-state index is 0.0260. The monoisotopic (exact) mass is 260 g/mol. The Kier molecular flexibility index (Phi) is 3.19. The van der Waals surface area contributed by atoms with E-state index in [4.69, 9.17) is 21.1 Å². The van der Waals surface area contributed by atoms with Gasteiger partial charge in [0.15, 0.2) is 11.5 Å². The van der Waals surface area contributed by atoms with E-state index in [0.717, 1.165) is 0 Å². The predicted molar refractivity (Wildman–Crippen MR) is 62.4 cm³/mol. The zero-order valence-electron chi connectivity index (χ0n) is 9.72. The highest BCUT2D eigenvalue weighted by atomic mass is 35.5. The maximum atomic E-state index is 13.9. The van der Waals surface area contributed by atoms with Crippen LogP contribution in [0.4, 0.5) is 4.39 Å². The third-order valence-corrected chi connectivity index (χ3v) is 3.26. The first-order chi connectivity index (χ1) is 8.00. The van der Waals surface area contributed by atoms with Gasteiger partial charge in [0.25, 0.3) is 0 Å². The first-order valence-electron chi connectivity index (χ1n) is 5.32. The SMILES string of the molecule is COc1cc(Cl)c(F)c(CC2(O)CC2)c1OC. The molecule has 1 aliphatic carbocycles. The largest absolute Gasteiger partial charge is 0.493 e. The fourth-order valence-corrected chi connectivity index (χ4v) is 2.03. The van der Waals surface area contributed by atoms with Crippen LogP contribution in [0.5, 0.6) is 11.5 Å². The number of halogens is 2. The van der Waals surface area contributed by atoms with Crippen molar-refractivity contribution >= 4 is 11.6 Å². The molecule has 1 saturated carbocycles. The molecule has 0 unspecified atom stereocenters. The van der Waals surface area contributed by atoms with Gasteiger partial charge in [-0.25, -0.2) is 4.39 Å². The van der Waals surface area contributed by atoms with Crippen LogP contribution in [0.15, 0.2) is 6.07 Å². The van der Waals surface area contributed by atoms with Crippen LogP contribution in [0.2, 0.25) is 5.02 Å². The lowest BCUT2D eigenvalue weighted by atomic mass is 10.0. The van der Waals surface area contributed by atoms with Gasteiger partial charge in [-0.3, -0.25) is 0 Å². The minimum atomic E-state index is -0.816. The number of hydrogen-bond donors (Lipinski definition) is 1. The molecule has 0 spiro atoms. The summed E-state index contributed by atoms with van der Waals surface area (Å²) in [5.74, 6) is 0.123. The summed E-state index contributed by atoms with van der Waals surface area (Å²) < 4.78 is 24.2. The van der Waals surface area contributed by atoms with Crippen LogP contribution in [-0.2, 0) is 6.42 Å². The van der Waals surface area contributed by atoms with Crippen molar-refractivity contribution < 1.29 is 19.0 Å². The molecule has 2 rings (SSSR count). The summed E-state index contributed by atoms with van der Waals surface area (Å²) in [6.45, 7) is 0. The van der Waals surface area contributed by atoms with Crippen LogP contribution in [0.1, 0.15) is 18.4 Å². The van der Waals surface area contributed by atoms with Crippen molar-refractivity contribution in [3.8, 4) is 11.5 Å². The third-order valence-electron chi connectivity index (χ3n) is 2.99. The van der Waals surface area contributed by atoms with Crippen molar-refractivity contribution in [3.63, 3.8) is 0 Å². The Morgan fingerprint density at radius 2 is 2.06 bits per heavy atom. The summed E-state index contributed by atoms with van der Waals surface area (Å²) in [4.78, 5) is 0. The number of ether oxygens (including phenoxy) is 2. The van der Waals surface area contributed by atoms with E-state index in [1.54, 1.807) is 0 Å². The topological polar surface area (TPSA) is 38.7 Å². The van der Waals surface area contributed by atoms with Crippen molar-refractivity contribution in [1.82, 2.24) is 0 Å². The van der Waals surface area contributed by atoms with E-state index in [-0.39, 0.29) is 17.0 Å². The lowest BCUT2D eigenvalue weighted by Gasteiger charge is -2.16. The average Bonchev–Trinajstić information content (AvgIpc) is 3.02. The Hall–Kier alpha value is -1.00. The van der Waals surface area contributed by atoms with Crippen molar-refractivity contribution in [2.24, 2.45) is 0 Å². The molecule has 1 fully saturated rings. The average molecular weight is 261 g/mol. The van der Waals surface area contributed by atoms with E-state index in [1.165, 1.54) is 20.3 Å². The van der Waals surface area contributed by atoms with E-state index in [0.29, 0.717) is 24.3 Å². The normalized spacial score (nSPS) is 16.8. The van der Waals surface area contributed by atoms with E-state index in [2.05, 4.69) is 0 Å². The summed E-state index contributed by atoms with van der Waals surface area (Å²) in [5, 5.41) is 9.85. The molecule has 0 radical (unpaired) electrons. The summed E-state index contributed by atoms with van der Waals surface area (Å²) >= 11 is 5.78. The fourth-order valence-electron chi connectivity index (χ4n) is 1.82. The van der Waals surface area contributed by atoms with Gasteiger partial charge in [0.2, 0.25) is 0 Å². The maximum absolute atomic E-state index is 13.9. The Bertz CT molecular complexity index is 444. The van der Waals surface area contributed by atoms with E-state index < -0.39 is 11.4 Å². The number of methoxy groups -OCH3 is 2. The third kappa shape index (κ3) is 2.33. The van der Waals surface area contributed by atoms with Crippen LogP contribution in [0, 0.1) is 5.82 Å². The van der Waals surface area contributed by atoms with Crippen molar-refractivity contribution in [1.29, 1.82) is 0 Å². The number of hydrogen-bond acceptors (Lipinski definition) is 3. The second-order valence-electron chi connectivity index (χ2n) is 4.29. The summed E-state index contributed by atoms with van der Waals surface area (Å²) in [6.07, 6.45) is 1.54. The number of aliphatic hydroxyl groups is 1. The molecule has 94 valence electrons. The predicted octanol–water partition coefficient (Wildman–Crippen LogP) is 2.56. The van der Waals surface area contributed by atoms with Gasteiger partial charge in [-0.2, -0.15) is 0 Å². The first kappa shape index (κ1) is 12.5. The first-order valence-corrected chi connectivity index (χ1v) is 5.70. The van der Waals surface area contributed by atoms with Crippen LogP contribution in [0.3, 0.4) is 0 Å². The second-order valence-corrected chi connectivity index (χ2v) is 4.69. The second kappa shape index (κ2) is 4.35. The maximum Gasteiger partial charge on any atom is 0.167 e. The number of benzene rings is 1. The number of rotatable bonds is 4. The minimum Gasteiger partial charge on any atom is -0.493 e.